The molecule has 0 heterocycles. The molecule has 0 radical (unpaired) electrons. The highest BCUT2D eigenvalue weighted by Gasteiger charge is 2.33. The van der Waals surface area contributed by atoms with E-state index in [0.29, 0.717) is 11.5 Å². The Bertz CT molecular complexity index is 644. The maximum absolute atomic E-state index is 12.1. The first-order chi connectivity index (χ1) is 11.3. The fourth-order valence-electron chi connectivity index (χ4n) is 1.93. The summed E-state index contributed by atoms with van der Waals surface area (Å²) in [6, 6.07) is 5.62. The van der Waals surface area contributed by atoms with Crippen molar-refractivity contribution < 1.29 is 14.7 Å². The van der Waals surface area contributed by atoms with Gasteiger partial charge < -0.3 is 16.2 Å². The molecule has 1 aromatic carbocycles. The number of carbonyl (C=O) groups is 2. The molecule has 2 amide bonds. The van der Waals surface area contributed by atoms with Gasteiger partial charge in [-0.2, -0.15) is 0 Å². The third-order valence-corrected chi connectivity index (χ3v) is 3.41. The van der Waals surface area contributed by atoms with E-state index >= 15 is 0 Å². The second-order valence-electron chi connectivity index (χ2n) is 6.08. The van der Waals surface area contributed by atoms with Gasteiger partial charge in [-0.25, -0.2) is 0 Å². The molecular weight excluding hydrogens is 304 g/mol. The molecule has 5 heteroatoms. The van der Waals surface area contributed by atoms with Crippen molar-refractivity contribution in [2.45, 2.75) is 38.3 Å². The van der Waals surface area contributed by atoms with Gasteiger partial charge in [0, 0.05) is 17.0 Å². The molecule has 2 rings (SSSR count). The van der Waals surface area contributed by atoms with Crippen molar-refractivity contribution >= 4 is 11.8 Å². The second kappa shape index (κ2) is 8.32. The zero-order chi connectivity index (χ0) is 18.3. The highest BCUT2D eigenvalue weighted by atomic mass is 16.3. The van der Waals surface area contributed by atoms with Crippen molar-refractivity contribution in [3.8, 4) is 11.8 Å². The monoisotopic (exact) mass is 328 g/mol. The Morgan fingerprint density at radius 2 is 1.83 bits per heavy atom. The summed E-state index contributed by atoms with van der Waals surface area (Å²) < 4.78 is 0. The summed E-state index contributed by atoms with van der Waals surface area (Å²) in [5.74, 6) is 5.47. The summed E-state index contributed by atoms with van der Waals surface area (Å²) in [6.45, 7) is 8.83. The molecule has 0 bridgehead atoms. The zero-order valence-corrected chi connectivity index (χ0v) is 14.1. The van der Waals surface area contributed by atoms with Crippen LogP contribution in [0.4, 0.5) is 0 Å². The molecule has 1 fully saturated rings. The minimum atomic E-state index is -1.43. The number of hydrogen-bond acceptors (Lipinski definition) is 3. The van der Waals surface area contributed by atoms with E-state index in [1.807, 2.05) is 0 Å². The molecule has 0 saturated heterocycles. The zero-order valence-electron chi connectivity index (χ0n) is 14.1. The molecule has 128 valence electrons. The van der Waals surface area contributed by atoms with Gasteiger partial charge in [0.1, 0.15) is 6.04 Å². The molecule has 24 heavy (non-hydrogen) atoms. The molecule has 1 atom stereocenters. The minimum absolute atomic E-state index is 0.382. The van der Waals surface area contributed by atoms with Gasteiger partial charge in [-0.15, -0.1) is 13.2 Å². The van der Waals surface area contributed by atoms with Crippen LogP contribution in [0.15, 0.2) is 37.4 Å². The topological polar surface area (TPSA) is 92.4 Å². The summed E-state index contributed by atoms with van der Waals surface area (Å²) in [4.78, 5) is 23.5. The SMILES string of the molecule is C=C.CC(C)(O)C(NC(=O)c1ccc(C#CC2CC2)cc1)C(N)=O. The van der Waals surface area contributed by atoms with Crippen LogP contribution >= 0.6 is 0 Å². The molecule has 1 unspecified atom stereocenters. The van der Waals surface area contributed by atoms with Gasteiger partial charge in [0.05, 0.1) is 5.60 Å². The lowest BCUT2D eigenvalue weighted by Gasteiger charge is -2.27. The predicted octanol–water partition coefficient (Wildman–Crippen LogP) is 1.60. The fraction of sp³-hybridized carbons (Fsp3) is 0.368. The van der Waals surface area contributed by atoms with E-state index in [2.05, 4.69) is 30.3 Å². The normalized spacial score (nSPS) is 14.3. The second-order valence-corrected chi connectivity index (χ2v) is 6.08. The number of hydrogen-bond donors (Lipinski definition) is 3. The highest BCUT2D eigenvalue weighted by Crippen LogP contribution is 2.27. The lowest BCUT2D eigenvalue weighted by Crippen LogP contribution is -2.56. The molecule has 5 nitrogen and oxygen atoms in total. The summed E-state index contributed by atoms with van der Waals surface area (Å²) in [6.07, 6.45) is 2.33. The number of primary amides is 1. The van der Waals surface area contributed by atoms with Gasteiger partial charge in [0.2, 0.25) is 5.91 Å². The van der Waals surface area contributed by atoms with Crippen LogP contribution in [-0.4, -0.2) is 28.6 Å². The first-order valence-corrected chi connectivity index (χ1v) is 7.71. The van der Waals surface area contributed by atoms with E-state index in [0.717, 1.165) is 5.56 Å². The third kappa shape index (κ3) is 5.90. The van der Waals surface area contributed by atoms with Crippen LogP contribution in [0.25, 0.3) is 0 Å². The van der Waals surface area contributed by atoms with Crippen LogP contribution in [0, 0.1) is 17.8 Å². The molecule has 1 aliphatic rings. The summed E-state index contributed by atoms with van der Waals surface area (Å²) in [7, 11) is 0. The number of carbonyl (C=O) groups excluding carboxylic acids is 2. The quantitative estimate of drug-likeness (QED) is 0.579. The van der Waals surface area contributed by atoms with Gasteiger partial charge in [0.25, 0.3) is 5.91 Å². The smallest absolute Gasteiger partial charge is 0.252 e. The van der Waals surface area contributed by atoms with Crippen LogP contribution in [0.3, 0.4) is 0 Å². The third-order valence-electron chi connectivity index (χ3n) is 3.41. The minimum Gasteiger partial charge on any atom is -0.388 e. The van der Waals surface area contributed by atoms with Crippen molar-refractivity contribution in [2.24, 2.45) is 11.7 Å². The van der Waals surface area contributed by atoms with E-state index in [-0.39, 0.29) is 0 Å². The van der Waals surface area contributed by atoms with E-state index in [1.165, 1.54) is 26.7 Å². The van der Waals surface area contributed by atoms with Gasteiger partial charge in [-0.3, -0.25) is 9.59 Å². The van der Waals surface area contributed by atoms with Crippen molar-refractivity contribution in [1.29, 1.82) is 0 Å². The van der Waals surface area contributed by atoms with Crippen LogP contribution < -0.4 is 11.1 Å². The van der Waals surface area contributed by atoms with E-state index in [9.17, 15) is 14.7 Å². The fourth-order valence-corrected chi connectivity index (χ4v) is 1.93. The maximum atomic E-state index is 12.1. The maximum Gasteiger partial charge on any atom is 0.252 e. The summed E-state index contributed by atoms with van der Waals surface area (Å²) in [5.41, 5.74) is 5.01. The summed E-state index contributed by atoms with van der Waals surface area (Å²) in [5, 5.41) is 12.3. The van der Waals surface area contributed by atoms with Crippen molar-refractivity contribution in [3.05, 3.63) is 48.6 Å². The number of amides is 2. The molecule has 0 aromatic heterocycles. The Morgan fingerprint density at radius 3 is 2.25 bits per heavy atom. The van der Waals surface area contributed by atoms with E-state index in [4.69, 9.17) is 5.73 Å². The van der Waals surface area contributed by atoms with Crippen LogP contribution in [0.2, 0.25) is 0 Å². The van der Waals surface area contributed by atoms with Crippen molar-refractivity contribution in [3.63, 3.8) is 0 Å². The van der Waals surface area contributed by atoms with Gasteiger partial charge in [-0.05, 0) is 51.0 Å². The van der Waals surface area contributed by atoms with Crippen LogP contribution in [-0.2, 0) is 4.79 Å². The molecule has 0 aliphatic heterocycles. The summed E-state index contributed by atoms with van der Waals surface area (Å²) >= 11 is 0. The highest BCUT2D eigenvalue weighted by molar-refractivity contribution is 5.97. The van der Waals surface area contributed by atoms with Crippen molar-refractivity contribution in [2.75, 3.05) is 0 Å². The van der Waals surface area contributed by atoms with Crippen molar-refractivity contribution in [1.82, 2.24) is 5.32 Å². The van der Waals surface area contributed by atoms with Gasteiger partial charge in [-0.1, -0.05) is 11.8 Å². The Morgan fingerprint density at radius 1 is 1.29 bits per heavy atom. The van der Waals surface area contributed by atoms with E-state index in [1.54, 1.807) is 24.3 Å². The standard InChI is InChI=1S/C17H20N2O3.C2H4/c1-17(2,22)14(15(18)20)19-16(21)13-9-7-12(8-10-13)6-5-11-3-4-11;1-2/h7-11,14,22H,3-4H2,1-2H3,(H2,18,20)(H,19,21);1-2H2. The van der Waals surface area contributed by atoms with Gasteiger partial charge >= 0.3 is 0 Å². The number of rotatable bonds is 4. The van der Waals surface area contributed by atoms with Gasteiger partial charge in [0.15, 0.2) is 0 Å². The average Bonchev–Trinajstić information content (AvgIpc) is 3.35. The first kappa shape index (κ1) is 19.5. The predicted molar refractivity (Wildman–Crippen MR) is 94.0 cm³/mol. The molecule has 1 saturated carbocycles. The van der Waals surface area contributed by atoms with Crippen LogP contribution in [0.1, 0.15) is 42.6 Å². The Hall–Kier alpha value is -2.58. The lowest BCUT2D eigenvalue weighted by atomic mass is 9.98. The Kier molecular flexibility index (Phi) is 6.75. The average molecular weight is 328 g/mol. The molecule has 1 aliphatic carbocycles. The number of nitrogens with one attached hydrogen (secondary N) is 1. The lowest BCUT2D eigenvalue weighted by molar-refractivity contribution is -0.125. The molecule has 4 N–H and O–H groups in total. The number of aliphatic hydroxyl groups is 1. The Labute approximate surface area is 142 Å². The largest absolute Gasteiger partial charge is 0.388 e. The van der Waals surface area contributed by atoms with Crippen LogP contribution in [0.5, 0.6) is 0 Å². The van der Waals surface area contributed by atoms with E-state index < -0.39 is 23.5 Å². The number of nitrogens with two attached hydrogens (primary N) is 1. The first-order valence-electron chi connectivity index (χ1n) is 7.71. The molecule has 1 aromatic rings. The molecular formula is C19H24N2O3. The number of benzene rings is 1. The molecule has 0 spiro atoms. The Balaban J connectivity index is 0.00000139.